The molecule has 0 radical (unpaired) electrons. The Hall–Kier alpha value is -3.19. The lowest BCUT2D eigenvalue weighted by Gasteiger charge is -2.14. The van der Waals surface area contributed by atoms with E-state index in [-0.39, 0.29) is 33.2 Å². The van der Waals surface area contributed by atoms with Gasteiger partial charge in [-0.15, -0.1) is 0 Å². The molecule has 0 atom stereocenters. The van der Waals surface area contributed by atoms with Crippen LogP contribution in [0.2, 0.25) is 10.0 Å². The lowest BCUT2D eigenvalue weighted by atomic mass is 10.2. The van der Waals surface area contributed by atoms with E-state index in [1.165, 1.54) is 48.7 Å². The van der Waals surface area contributed by atoms with E-state index in [1.54, 1.807) is 6.92 Å². The van der Waals surface area contributed by atoms with E-state index in [9.17, 15) is 23.3 Å². The van der Waals surface area contributed by atoms with Gasteiger partial charge in [0.1, 0.15) is 4.90 Å². The van der Waals surface area contributed by atoms with E-state index in [0.717, 1.165) is 12.1 Å². The Morgan fingerprint density at radius 1 is 1.19 bits per heavy atom. The van der Waals surface area contributed by atoms with Gasteiger partial charge in [0.15, 0.2) is 11.5 Å². The first-order valence-electron chi connectivity index (χ1n) is 9.95. The van der Waals surface area contributed by atoms with Gasteiger partial charge in [0, 0.05) is 17.2 Å². The molecule has 0 bridgehead atoms. The monoisotopic (exact) mass is 615 g/mol. The number of carbonyl (C=O) groups is 1. The number of hydrazone groups is 1. The number of nitro groups is 1. The van der Waals surface area contributed by atoms with E-state index < -0.39 is 31.5 Å². The minimum Gasteiger partial charge on any atom is -0.490 e. The van der Waals surface area contributed by atoms with Crippen LogP contribution in [0.1, 0.15) is 22.8 Å². The number of rotatable bonds is 9. The highest BCUT2D eigenvalue weighted by Crippen LogP contribution is 2.38. The number of amides is 1. The van der Waals surface area contributed by atoms with Crippen molar-refractivity contribution in [2.24, 2.45) is 5.10 Å². The van der Waals surface area contributed by atoms with Crippen LogP contribution in [-0.2, 0) is 10.1 Å². The molecule has 0 saturated heterocycles. The minimum absolute atomic E-state index is 0.0504. The number of benzene rings is 3. The van der Waals surface area contributed by atoms with Gasteiger partial charge >= 0.3 is 10.1 Å². The summed E-state index contributed by atoms with van der Waals surface area (Å²) in [7, 11) is -4.44. The number of hydrogen-bond acceptors (Lipinski definition) is 8. The second kappa shape index (κ2) is 11.7. The van der Waals surface area contributed by atoms with Crippen LogP contribution in [0.3, 0.4) is 0 Å². The quantitative estimate of drug-likeness (QED) is 0.143. The number of nitrogens with zero attached hydrogens (tertiary/aromatic N) is 2. The summed E-state index contributed by atoms with van der Waals surface area (Å²) in [5.74, 6) is -0.688. The van der Waals surface area contributed by atoms with Gasteiger partial charge in [-0.2, -0.15) is 13.5 Å². The molecule has 0 heterocycles. The van der Waals surface area contributed by atoms with E-state index in [1.807, 2.05) is 0 Å². The standard InChI is InChI=1S/C22H16BrCl2N3O7S/c1-2-34-20-9-13(12-26-27-22(29)17-7-6-14(24)10-19(17)25)8-18(23)21(20)35-36(32,33)16-5-3-4-15(11-16)28(30)31/h3-12H,2H2,1H3,(H,27,29)/b26-12-. The van der Waals surface area contributed by atoms with Crippen molar-refractivity contribution >= 4 is 67.1 Å². The van der Waals surface area contributed by atoms with Crippen molar-refractivity contribution in [1.82, 2.24) is 5.43 Å². The first-order chi connectivity index (χ1) is 17.0. The fourth-order valence-corrected chi connectivity index (χ4v) is 4.96. The predicted molar refractivity (Wildman–Crippen MR) is 138 cm³/mol. The number of non-ortho nitro benzene ring substituents is 1. The molecule has 3 rings (SSSR count). The average molecular weight is 617 g/mol. The van der Waals surface area contributed by atoms with Crippen molar-refractivity contribution in [2.45, 2.75) is 11.8 Å². The highest BCUT2D eigenvalue weighted by atomic mass is 79.9. The summed E-state index contributed by atoms with van der Waals surface area (Å²) in [6.07, 6.45) is 1.30. The van der Waals surface area contributed by atoms with Crippen molar-refractivity contribution in [3.63, 3.8) is 0 Å². The summed E-state index contributed by atoms with van der Waals surface area (Å²) >= 11 is 15.1. The van der Waals surface area contributed by atoms with Gasteiger partial charge in [-0.25, -0.2) is 5.43 Å². The molecule has 0 aromatic heterocycles. The minimum atomic E-state index is -4.44. The van der Waals surface area contributed by atoms with E-state index >= 15 is 0 Å². The van der Waals surface area contributed by atoms with Gasteiger partial charge in [-0.1, -0.05) is 29.3 Å². The maximum absolute atomic E-state index is 12.8. The van der Waals surface area contributed by atoms with Crippen LogP contribution in [0, 0.1) is 10.1 Å². The molecule has 0 saturated carbocycles. The van der Waals surface area contributed by atoms with Crippen LogP contribution in [0.15, 0.2) is 69.1 Å². The molecule has 3 aromatic rings. The molecule has 1 N–H and O–H groups in total. The summed E-state index contributed by atoms with van der Waals surface area (Å²) in [6.45, 7) is 1.86. The lowest BCUT2D eigenvalue weighted by Crippen LogP contribution is -2.18. The molecule has 36 heavy (non-hydrogen) atoms. The summed E-state index contributed by atoms with van der Waals surface area (Å²) in [4.78, 5) is 22.2. The van der Waals surface area contributed by atoms with Gasteiger partial charge in [0.25, 0.3) is 11.6 Å². The summed E-state index contributed by atoms with van der Waals surface area (Å²) in [5.41, 5.74) is 2.52. The van der Waals surface area contributed by atoms with Crippen molar-refractivity contribution in [3.8, 4) is 11.5 Å². The van der Waals surface area contributed by atoms with Crippen LogP contribution in [0.5, 0.6) is 11.5 Å². The number of ether oxygens (including phenoxy) is 1. The third-order valence-electron chi connectivity index (χ3n) is 4.40. The van der Waals surface area contributed by atoms with Gasteiger partial charge in [-0.3, -0.25) is 14.9 Å². The van der Waals surface area contributed by atoms with Crippen LogP contribution >= 0.6 is 39.1 Å². The Morgan fingerprint density at radius 3 is 2.61 bits per heavy atom. The second-order valence-corrected chi connectivity index (χ2v) is 10.1. The van der Waals surface area contributed by atoms with Crippen LogP contribution in [0.4, 0.5) is 5.69 Å². The molecule has 188 valence electrons. The summed E-state index contributed by atoms with van der Waals surface area (Å²) < 4.78 is 36.5. The Bertz CT molecular complexity index is 1470. The lowest BCUT2D eigenvalue weighted by molar-refractivity contribution is -0.385. The van der Waals surface area contributed by atoms with Crippen molar-refractivity contribution < 1.29 is 27.1 Å². The normalized spacial score (nSPS) is 11.3. The maximum Gasteiger partial charge on any atom is 0.339 e. The molecule has 14 heteroatoms. The van der Waals surface area contributed by atoms with Crippen LogP contribution in [-0.4, -0.2) is 32.1 Å². The highest BCUT2D eigenvalue weighted by molar-refractivity contribution is 9.10. The number of hydrogen-bond donors (Lipinski definition) is 1. The Labute approximate surface area is 224 Å². The third kappa shape index (κ3) is 6.72. The molecule has 0 aliphatic heterocycles. The molecule has 0 fully saturated rings. The van der Waals surface area contributed by atoms with Crippen molar-refractivity contribution in [1.29, 1.82) is 0 Å². The molecule has 1 amide bonds. The zero-order valence-corrected chi connectivity index (χ0v) is 22.2. The topological polar surface area (TPSA) is 137 Å². The smallest absolute Gasteiger partial charge is 0.339 e. The molecule has 0 aliphatic rings. The molecular weight excluding hydrogens is 601 g/mol. The Kier molecular flexibility index (Phi) is 8.90. The largest absolute Gasteiger partial charge is 0.490 e. The number of carbonyl (C=O) groups excluding carboxylic acids is 1. The molecular formula is C22H16BrCl2N3O7S. The van der Waals surface area contributed by atoms with Crippen LogP contribution in [0.25, 0.3) is 0 Å². The molecule has 0 aliphatic carbocycles. The molecule has 3 aromatic carbocycles. The highest BCUT2D eigenvalue weighted by Gasteiger charge is 2.24. The van der Waals surface area contributed by atoms with Crippen LogP contribution < -0.4 is 14.3 Å². The number of nitro benzene ring substituents is 1. The van der Waals surface area contributed by atoms with E-state index in [0.29, 0.717) is 10.6 Å². The van der Waals surface area contributed by atoms with E-state index in [4.69, 9.17) is 32.1 Å². The summed E-state index contributed by atoms with van der Waals surface area (Å²) in [5, 5.41) is 15.4. The first-order valence-corrected chi connectivity index (χ1v) is 12.9. The fourth-order valence-electron chi connectivity index (χ4n) is 2.82. The maximum atomic E-state index is 12.8. The second-order valence-electron chi connectivity index (χ2n) is 6.88. The third-order valence-corrected chi connectivity index (χ3v) is 6.75. The molecule has 0 unspecified atom stereocenters. The number of nitrogens with one attached hydrogen (secondary N) is 1. The average Bonchev–Trinajstić information content (AvgIpc) is 2.81. The van der Waals surface area contributed by atoms with Gasteiger partial charge in [0.2, 0.25) is 0 Å². The summed E-state index contributed by atoms with van der Waals surface area (Å²) in [6, 6.07) is 11.8. The predicted octanol–water partition coefficient (Wildman–Crippen LogP) is 5.59. The first kappa shape index (κ1) is 27.4. The van der Waals surface area contributed by atoms with Gasteiger partial charge in [-0.05, 0) is 64.8 Å². The Morgan fingerprint density at radius 2 is 1.94 bits per heavy atom. The number of halogens is 3. The van der Waals surface area contributed by atoms with E-state index in [2.05, 4.69) is 26.5 Å². The fraction of sp³-hybridized carbons (Fsp3) is 0.0909. The molecule has 10 nitrogen and oxygen atoms in total. The Balaban J connectivity index is 1.85. The molecule has 0 spiro atoms. The zero-order chi connectivity index (χ0) is 26.5. The SMILES string of the molecule is CCOc1cc(/C=N\NC(=O)c2ccc(Cl)cc2Cl)cc(Br)c1OS(=O)(=O)c1cccc([N+](=O)[O-])c1. The van der Waals surface area contributed by atoms with Crippen molar-refractivity contribution in [3.05, 3.63) is 90.4 Å². The zero-order valence-electron chi connectivity index (χ0n) is 18.3. The van der Waals surface area contributed by atoms with Gasteiger partial charge < -0.3 is 8.92 Å². The van der Waals surface area contributed by atoms with Gasteiger partial charge in [0.05, 0.1) is 32.8 Å². The van der Waals surface area contributed by atoms with Crippen molar-refractivity contribution in [2.75, 3.05) is 6.61 Å².